The molecule has 0 aromatic carbocycles. The molecule has 3 N–H and O–H groups in total. The molecule has 1 saturated heterocycles. The SMILES string of the molecule is COC(CNC(=O)NC1CCC(=O)N(C)C1=O)CC(=O)O. The summed E-state index contributed by atoms with van der Waals surface area (Å²) in [4.78, 5) is 46.3. The quantitative estimate of drug-likeness (QED) is 0.536. The van der Waals surface area contributed by atoms with E-state index in [0.717, 1.165) is 4.90 Å². The van der Waals surface area contributed by atoms with E-state index in [1.54, 1.807) is 0 Å². The molecule has 9 heteroatoms. The highest BCUT2D eigenvalue weighted by atomic mass is 16.5. The van der Waals surface area contributed by atoms with Gasteiger partial charge in [-0.2, -0.15) is 0 Å². The maximum absolute atomic E-state index is 11.8. The number of carboxylic acids is 1. The zero-order valence-corrected chi connectivity index (χ0v) is 11.9. The number of carbonyl (C=O) groups excluding carboxylic acids is 3. The van der Waals surface area contributed by atoms with Crippen molar-refractivity contribution in [3.63, 3.8) is 0 Å². The number of nitrogens with one attached hydrogen (secondary N) is 2. The average molecular weight is 301 g/mol. The smallest absolute Gasteiger partial charge is 0.315 e. The number of likely N-dealkylation sites (N-methyl/N-ethyl adjacent to an activating group) is 1. The van der Waals surface area contributed by atoms with Crippen molar-refractivity contribution in [1.29, 1.82) is 0 Å². The van der Waals surface area contributed by atoms with Crippen LogP contribution in [0, 0.1) is 0 Å². The van der Waals surface area contributed by atoms with Gasteiger partial charge in [0, 0.05) is 27.1 Å². The Morgan fingerprint density at radius 1 is 1.48 bits per heavy atom. The third-order valence-electron chi connectivity index (χ3n) is 3.18. The van der Waals surface area contributed by atoms with Gasteiger partial charge in [0.2, 0.25) is 5.91 Å². The van der Waals surface area contributed by atoms with Gasteiger partial charge >= 0.3 is 12.0 Å². The Bertz CT molecular complexity index is 439. The van der Waals surface area contributed by atoms with Gasteiger partial charge in [0.25, 0.3) is 5.91 Å². The van der Waals surface area contributed by atoms with E-state index in [4.69, 9.17) is 9.84 Å². The predicted octanol–water partition coefficient (Wildman–Crippen LogP) is -1.08. The molecule has 1 rings (SSSR count). The highest BCUT2D eigenvalue weighted by Gasteiger charge is 2.32. The molecule has 1 fully saturated rings. The van der Waals surface area contributed by atoms with E-state index in [1.807, 2.05) is 0 Å². The van der Waals surface area contributed by atoms with E-state index in [0.29, 0.717) is 0 Å². The number of amides is 4. The number of carbonyl (C=O) groups is 4. The highest BCUT2D eigenvalue weighted by Crippen LogP contribution is 2.11. The van der Waals surface area contributed by atoms with Gasteiger partial charge in [-0.25, -0.2) is 4.79 Å². The Balaban J connectivity index is 2.41. The largest absolute Gasteiger partial charge is 0.481 e. The maximum Gasteiger partial charge on any atom is 0.315 e. The van der Waals surface area contributed by atoms with Crippen LogP contribution in [-0.4, -0.2) is 66.7 Å². The molecular formula is C12H19N3O6. The topological polar surface area (TPSA) is 125 Å². The standard InChI is InChI=1S/C12H19N3O6/c1-15-9(16)4-3-8(11(15)19)14-12(20)13-6-7(21-2)5-10(17)18/h7-8H,3-6H2,1-2H3,(H,17,18)(H2,13,14,20). The molecule has 4 amide bonds. The molecule has 0 radical (unpaired) electrons. The molecule has 1 aliphatic heterocycles. The zero-order valence-electron chi connectivity index (χ0n) is 11.9. The number of piperidine rings is 1. The highest BCUT2D eigenvalue weighted by molar-refractivity contribution is 6.01. The number of hydrogen-bond acceptors (Lipinski definition) is 5. The van der Waals surface area contributed by atoms with Crippen molar-refractivity contribution in [2.45, 2.75) is 31.4 Å². The fraction of sp³-hybridized carbons (Fsp3) is 0.667. The van der Waals surface area contributed by atoms with Crippen molar-refractivity contribution in [3.8, 4) is 0 Å². The molecule has 0 aromatic heterocycles. The number of carboxylic acid groups (broad SMARTS) is 1. The van der Waals surface area contributed by atoms with Crippen LogP contribution >= 0.6 is 0 Å². The molecule has 1 aliphatic rings. The molecular weight excluding hydrogens is 282 g/mol. The number of likely N-dealkylation sites (tertiary alicyclic amines) is 1. The minimum Gasteiger partial charge on any atom is -0.481 e. The van der Waals surface area contributed by atoms with E-state index in [9.17, 15) is 19.2 Å². The summed E-state index contributed by atoms with van der Waals surface area (Å²) < 4.78 is 4.91. The number of methoxy groups -OCH3 is 1. The third kappa shape index (κ3) is 5.03. The maximum atomic E-state index is 11.8. The fourth-order valence-electron chi connectivity index (χ4n) is 1.90. The van der Waals surface area contributed by atoms with Crippen molar-refractivity contribution in [2.24, 2.45) is 0 Å². The first kappa shape index (κ1) is 16.9. The van der Waals surface area contributed by atoms with E-state index in [2.05, 4.69) is 10.6 Å². The summed E-state index contributed by atoms with van der Waals surface area (Å²) in [5.74, 6) is -1.78. The molecule has 0 aliphatic carbocycles. The van der Waals surface area contributed by atoms with Gasteiger partial charge in [-0.15, -0.1) is 0 Å². The Kier molecular flexibility index (Phi) is 6.10. The molecule has 2 unspecified atom stereocenters. The second kappa shape index (κ2) is 7.58. The lowest BCUT2D eigenvalue weighted by atomic mass is 10.1. The van der Waals surface area contributed by atoms with Gasteiger partial charge in [0.15, 0.2) is 0 Å². The molecule has 1 heterocycles. The number of nitrogens with zero attached hydrogens (tertiary/aromatic N) is 1. The lowest BCUT2D eigenvalue weighted by Gasteiger charge is -2.28. The third-order valence-corrected chi connectivity index (χ3v) is 3.18. The van der Waals surface area contributed by atoms with Crippen molar-refractivity contribution in [3.05, 3.63) is 0 Å². The number of urea groups is 1. The van der Waals surface area contributed by atoms with Crippen LogP contribution in [0.5, 0.6) is 0 Å². The lowest BCUT2D eigenvalue weighted by molar-refractivity contribution is -0.147. The summed E-state index contributed by atoms with van der Waals surface area (Å²) in [6.45, 7) is 0.00428. The Labute approximate surface area is 121 Å². The van der Waals surface area contributed by atoms with Crippen LogP contribution in [0.25, 0.3) is 0 Å². The number of imide groups is 1. The fourth-order valence-corrected chi connectivity index (χ4v) is 1.90. The minimum atomic E-state index is -1.04. The number of rotatable bonds is 6. The van der Waals surface area contributed by atoms with Crippen LogP contribution in [0.4, 0.5) is 4.79 Å². The van der Waals surface area contributed by atoms with Crippen molar-refractivity contribution < 1.29 is 29.0 Å². The van der Waals surface area contributed by atoms with Crippen molar-refractivity contribution >= 4 is 23.8 Å². The average Bonchev–Trinajstić information content (AvgIpc) is 2.43. The molecule has 9 nitrogen and oxygen atoms in total. The number of hydrogen-bond donors (Lipinski definition) is 3. The van der Waals surface area contributed by atoms with Crippen LogP contribution < -0.4 is 10.6 Å². The summed E-state index contributed by atoms with van der Waals surface area (Å²) in [5.41, 5.74) is 0. The van der Waals surface area contributed by atoms with Gasteiger partial charge < -0.3 is 20.5 Å². The number of ether oxygens (including phenoxy) is 1. The van der Waals surface area contributed by atoms with Gasteiger partial charge in [-0.1, -0.05) is 0 Å². The van der Waals surface area contributed by atoms with E-state index in [1.165, 1.54) is 14.2 Å². The predicted molar refractivity (Wildman–Crippen MR) is 70.4 cm³/mol. The molecule has 0 aromatic rings. The summed E-state index contributed by atoms with van der Waals surface area (Å²) in [5, 5.41) is 13.5. The second-order valence-corrected chi connectivity index (χ2v) is 4.69. The second-order valence-electron chi connectivity index (χ2n) is 4.69. The summed E-state index contributed by atoms with van der Waals surface area (Å²) >= 11 is 0. The summed E-state index contributed by atoms with van der Waals surface area (Å²) in [6, 6.07) is -1.36. The van der Waals surface area contributed by atoms with E-state index < -0.39 is 30.1 Å². The van der Waals surface area contributed by atoms with Crippen LogP contribution in [0.3, 0.4) is 0 Å². The molecule has 118 valence electrons. The van der Waals surface area contributed by atoms with Gasteiger partial charge in [0.1, 0.15) is 6.04 Å². The van der Waals surface area contributed by atoms with E-state index in [-0.39, 0.29) is 31.7 Å². The first-order valence-corrected chi connectivity index (χ1v) is 6.44. The van der Waals surface area contributed by atoms with Crippen molar-refractivity contribution in [1.82, 2.24) is 15.5 Å². The monoisotopic (exact) mass is 301 g/mol. The van der Waals surface area contributed by atoms with Gasteiger partial charge in [0.05, 0.1) is 12.5 Å². The first-order chi connectivity index (χ1) is 9.85. The molecule has 2 atom stereocenters. The van der Waals surface area contributed by atoms with Crippen LogP contribution in [0.2, 0.25) is 0 Å². The lowest BCUT2D eigenvalue weighted by Crippen LogP contribution is -2.55. The Hall–Kier alpha value is -2.16. The van der Waals surface area contributed by atoms with Crippen LogP contribution in [0.15, 0.2) is 0 Å². The molecule has 21 heavy (non-hydrogen) atoms. The van der Waals surface area contributed by atoms with Crippen LogP contribution in [0.1, 0.15) is 19.3 Å². The van der Waals surface area contributed by atoms with Gasteiger partial charge in [-0.3, -0.25) is 19.3 Å². The van der Waals surface area contributed by atoms with Crippen molar-refractivity contribution in [2.75, 3.05) is 20.7 Å². The Morgan fingerprint density at radius 2 is 2.14 bits per heavy atom. The summed E-state index contributed by atoms with van der Waals surface area (Å²) in [6.07, 6.45) is -0.457. The number of aliphatic carboxylic acids is 1. The minimum absolute atomic E-state index is 0.00428. The van der Waals surface area contributed by atoms with Gasteiger partial charge in [-0.05, 0) is 6.42 Å². The first-order valence-electron chi connectivity index (χ1n) is 6.44. The molecule has 0 bridgehead atoms. The van der Waals surface area contributed by atoms with Crippen LogP contribution in [-0.2, 0) is 19.1 Å². The Morgan fingerprint density at radius 3 is 2.71 bits per heavy atom. The summed E-state index contributed by atoms with van der Waals surface area (Å²) in [7, 11) is 2.71. The van der Waals surface area contributed by atoms with E-state index >= 15 is 0 Å². The zero-order chi connectivity index (χ0) is 16.0. The molecule has 0 spiro atoms. The molecule has 0 saturated carbocycles. The normalized spacial score (nSPS) is 20.1.